The maximum absolute atomic E-state index is 5.41. The summed E-state index contributed by atoms with van der Waals surface area (Å²) in [6.07, 6.45) is 1.42. The molecule has 88 valence electrons. The molecule has 0 radical (unpaired) electrons. The largest absolute Gasteiger partial charge is 0.382 e. The highest BCUT2D eigenvalue weighted by atomic mass is 16.5. The van der Waals surface area contributed by atoms with E-state index in [1.165, 1.54) is 11.1 Å². The molecule has 0 saturated carbocycles. The summed E-state index contributed by atoms with van der Waals surface area (Å²) in [5.74, 6) is 0. The Bertz CT molecular complexity index is 358. The van der Waals surface area contributed by atoms with E-state index in [0.29, 0.717) is 11.5 Å². The molecule has 0 amide bonds. The van der Waals surface area contributed by atoms with Gasteiger partial charge in [-0.15, -0.1) is 0 Å². The summed E-state index contributed by atoms with van der Waals surface area (Å²) in [5.41, 5.74) is 3.09. The molecule has 2 rings (SSSR count). The predicted molar refractivity (Wildman–Crippen MR) is 66.8 cm³/mol. The Morgan fingerprint density at radius 1 is 1.44 bits per heavy atom. The van der Waals surface area contributed by atoms with Crippen LogP contribution in [0.5, 0.6) is 0 Å². The minimum absolute atomic E-state index is 0.293. The molecule has 1 heterocycles. The summed E-state index contributed by atoms with van der Waals surface area (Å²) >= 11 is 0. The molecule has 1 unspecified atom stereocenters. The van der Waals surface area contributed by atoms with Crippen LogP contribution in [-0.2, 0) is 10.2 Å². The first kappa shape index (κ1) is 11.6. The van der Waals surface area contributed by atoms with Gasteiger partial charge in [0.15, 0.2) is 0 Å². The quantitative estimate of drug-likeness (QED) is 0.838. The van der Waals surface area contributed by atoms with Crippen molar-refractivity contribution in [1.29, 1.82) is 0 Å². The molecule has 1 N–H and O–H groups in total. The standard InChI is InChI=1S/C14H21NO/c1-11-5-4-6-13(7-11)14(9-15-10-14)8-12(2)16-3/h4-7,12,15H,8-10H2,1-3H3. The maximum Gasteiger partial charge on any atom is 0.0552 e. The summed E-state index contributed by atoms with van der Waals surface area (Å²) in [7, 11) is 1.79. The van der Waals surface area contributed by atoms with E-state index in [1.807, 2.05) is 0 Å². The molecular weight excluding hydrogens is 198 g/mol. The van der Waals surface area contributed by atoms with Crippen LogP contribution < -0.4 is 5.32 Å². The van der Waals surface area contributed by atoms with Crippen LogP contribution in [-0.4, -0.2) is 26.3 Å². The molecule has 0 aliphatic carbocycles. The summed E-state index contributed by atoms with van der Waals surface area (Å²) < 4.78 is 5.41. The Kier molecular flexibility index (Phi) is 3.31. The van der Waals surface area contributed by atoms with E-state index < -0.39 is 0 Å². The van der Waals surface area contributed by atoms with Gasteiger partial charge in [-0.2, -0.15) is 0 Å². The lowest BCUT2D eigenvalue weighted by Crippen LogP contribution is -2.58. The Labute approximate surface area is 98.0 Å². The number of ether oxygens (including phenoxy) is 1. The lowest BCUT2D eigenvalue weighted by Gasteiger charge is -2.44. The average molecular weight is 219 g/mol. The van der Waals surface area contributed by atoms with Crippen molar-refractivity contribution in [3.63, 3.8) is 0 Å². The third-order valence-corrected chi connectivity index (χ3v) is 3.64. The minimum Gasteiger partial charge on any atom is -0.382 e. The van der Waals surface area contributed by atoms with Crippen LogP contribution in [0.15, 0.2) is 24.3 Å². The van der Waals surface area contributed by atoms with E-state index in [2.05, 4.69) is 43.4 Å². The molecule has 0 aromatic heterocycles. The molecular formula is C14H21NO. The minimum atomic E-state index is 0.293. The highest BCUT2D eigenvalue weighted by Gasteiger charge is 2.39. The number of benzene rings is 1. The fraction of sp³-hybridized carbons (Fsp3) is 0.571. The molecule has 1 saturated heterocycles. The Morgan fingerprint density at radius 3 is 2.69 bits per heavy atom. The van der Waals surface area contributed by atoms with Crippen LogP contribution >= 0.6 is 0 Å². The van der Waals surface area contributed by atoms with Gasteiger partial charge in [0, 0.05) is 25.6 Å². The zero-order chi connectivity index (χ0) is 11.6. The molecule has 1 aliphatic rings. The van der Waals surface area contributed by atoms with Gasteiger partial charge in [-0.1, -0.05) is 29.8 Å². The second-order valence-electron chi connectivity index (χ2n) is 5.00. The van der Waals surface area contributed by atoms with Gasteiger partial charge in [-0.05, 0) is 25.8 Å². The monoisotopic (exact) mass is 219 g/mol. The first-order chi connectivity index (χ1) is 7.66. The highest BCUT2D eigenvalue weighted by Crippen LogP contribution is 2.34. The third-order valence-electron chi connectivity index (χ3n) is 3.64. The van der Waals surface area contributed by atoms with Gasteiger partial charge < -0.3 is 10.1 Å². The third kappa shape index (κ3) is 2.13. The summed E-state index contributed by atoms with van der Waals surface area (Å²) in [5, 5.41) is 3.39. The second-order valence-corrected chi connectivity index (χ2v) is 5.00. The van der Waals surface area contributed by atoms with Gasteiger partial charge in [0.05, 0.1) is 6.10 Å². The van der Waals surface area contributed by atoms with Crippen molar-refractivity contribution in [1.82, 2.24) is 5.32 Å². The van der Waals surface area contributed by atoms with Gasteiger partial charge in [0.2, 0.25) is 0 Å². The topological polar surface area (TPSA) is 21.3 Å². The number of nitrogens with one attached hydrogen (secondary N) is 1. The fourth-order valence-electron chi connectivity index (χ4n) is 2.50. The highest BCUT2D eigenvalue weighted by molar-refractivity contribution is 5.33. The smallest absolute Gasteiger partial charge is 0.0552 e. The lowest BCUT2D eigenvalue weighted by atomic mass is 9.71. The van der Waals surface area contributed by atoms with Crippen molar-refractivity contribution in [2.75, 3.05) is 20.2 Å². The van der Waals surface area contributed by atoms with Gasteiger partial charge in [0.25, 0.3) is 0 Å². The van der Waals surface area contributed by atoms with E-state index >= 15 is 0 Å². The first-order valence-corrected chi connectivity index (χ1v) is 5.97. The van der Waals surface area contributed by atoms with Crippen molar-refractivity contribution >= 4 is 0 Å². The molecule has 1 atom stereocenters. The zero-order valence-electron chi connectivity index (χ0n) is 10.4. The van der Waals surface area contributed by atoms with E-state index in [9.17, 15) is 0 Å². The molecule has 2 nitrogen and oxygen atoms in total. The fourth-order valence-corrected chi connectivity index (χ4v) is 2.50. The Hall–Kier alpha value is -0.860. The van der Waals surface area contributed by atoms with Crippen molar-refractivity contribution in [3.8, 4) is 0 Å². The summed E-state index contributed by atoms with van der Waals surface area (Å²) in [6.45, 7) is 6.45. The van der Waals surface area contributed by atoms with Crippen molar-refractivity contribution in [2.45, 2.75) is 31.8 Å². The number of aryl methyl sites for hydroxylation is 1. The second kappa shape index (κ2) is 4.56. The number of hydrogen-bond donors (Lipinski definition) is 1. The first-order valence-electron chi connectivity index (χ1n) is 5.97. The van der Waals surface area contributed by atoms with Crippen LogP contribution in [0.1, 0.15) is 24.5 Å². The van der Waals surface area contributed by atoms with E-state index in [-0.39, 0.29) is 0 Å². The van der Waals surface area contributed by atoms with E-state index in [1.54, 1.807) is 7.11 Å². The van der Waals surface area contributed by atoms with Crippen LogP contribution in [0.2, 0.25) is 0 Å². The van der Waals surface area contributed by atoms with Gasteiger partial charge in [0.1, 0.15) is 0 Å². The van der Waals surface area contributed by atoms with E-state index in [0.717, 1.165) is 19.5 Å². The summed E-state index contributed by atoms with van der Waals surface area (Å²) in [4.78, 5) is 0. The molecule has 1 aromatic rings. The zero-order valence-corrected chi connectivity index (χ0v) is 10.4. The normalized spacial score (nSPS) is 20.2. The Balaban J connectivity index is 2.21. The van der Waals surface area contributed by atoms with Gasteiger partial charge in [-0.25, -0.2) is 0 Å². The molecule has 16 heavy (non-hydrogen) atoms. The van der Waals surface area contributed by atoms with Crippen LogP contribution in [0.3, 0.4) is 0 Å². The van der Waals surface area contributed by atoms with Crippen molar-refractivity contribution in [2.24, 2.45) is 0 Å². The number of rotatable bonds is 4. The lowest BCUT2D eigenvalue weighted by molar-refractivity contribution is 0.0717. The van der Waals surface area contributed by atoms with Crippen molar-refractivity contribution < 1.29 is 4.74 Å². The van der Waals surface area contributed by atoms with Gasteiger partial charge in [-0.3, -0.25) is 0 Å². The molecule has 1 fully saturated rings. The number of methoxy groups -OCH3 is 1. The number of hydrogen-bond acceptors (Lipinski definition) is 2. The molecule has 1 aromatic carbocycles. The average Bonchev–Trinajstić information content (AvgIpc) is 2.23. The summed E-state index contributed by atoms with van der Waals surface area (Å²) in [6, 6.07) is 8.87. The Morgan fingerprint density at radius 2 is 2.19 bits per heavy atom. The molecule has 0 spiro atoms. The SMILES string of the molecule is COC(C)CC1(c2cccc(C)c2)CNC1. The van der Waals surface area contributed by atoms with Crippen LogP contribution in [0, 0.1) is 6.92 Å². The predicted octanol–water partition coefficient (Wildman–Crippen LogP) is 2.26. The van der Waals surface area contributed by atoms with Crippen LogP contribution in [0.4, 0.5) is 0 Å². The van der Waals surface area contributed by atoms with Crippen LogP contribution in [0.25, 0.3) is 0 Å². The molecule has 2 heteroatoms. The molecule has 1 aliphatic heterocycles. The van der Waals surface area contributed by atoms with Crippen molar-refractivity contribution in [3.05, 3.63) is 35.4 Å². The van der Waals surface area contributed by atoms with Gasteiger partial charge >= 0.3 is 0 Å². The van der Waals surface area contributed by atoms with E-state index in [4.69, 9.17) is 4.74 Å². The maximum atomic E-state index is 5.41. The molecule has 0 bridgehead atoms.